The lowest BCUT2D eigenvalue weighted by atomic mass is 9.87. The Kier molecular flexibility index (Phi) is 4.09. The minimum absolute atomic E-state index is 0.379. The summed E-state index contributed by atoms with van der Waals surface area (Å²) in [7, 11) is 1.64. The zero-order valence-corrected chi connectivity index (χ0v) is 9.38. The molecular weight excluding hydrogens is 210 g/mol. The van der Waals surface area contributed by atoms with Gasteiger partial charge >= 0.3 is 6.16 Å². The van der Waals surface area contributed by atoms with Crippen molar-refractivity contribution in [2.75, 3.05) is 7.05 Å². The molecular formula is C11H17NO4. The Morgan fingerprint density at radius 2 is 2.31 bits per heavy atom. The normalized spacial score (nSPS) is 24.8. The van der Waals surface area contributed by atoms with Crippen molar-refractivity contribution in [3.05, 3.63) is 24.3 Å². The number of hydrogen-bond donors (Lipinski definition) is 3. The molecule has 3 N–H and O–H groups in total. The van der Waals surface area contributed by atoms with Crippen LogP contribution in [0.3, 0.4) is 0 Å². The number of rotatable bonds is 4. The van der Waals surface area contributed by atoms with Crippen molar-refractivity contribution < 1.29 is 19.7 Å². The summed E-state index contributed by atoms with van der Waals surface area (Å²) in [6.07, 6.45) is 6.30. The van der Waals surface area contributed by atoms with Gasteiger partial charge in [0.2, 0.25) is 5.79 Å². The van der Waals surface area contributed by atoms with Crippen LogP contribution in [0.25, 0.3) is 0 Å². The molecule has 0 aromatic heterocycles. The first-order chi connectivity index (χ1) is 7.50. The minimum Gasteiger partial charge on any atom is -0.450 e. The van der Waals surface area contributed by atoms with Crippen molar-refractivity contribution in [3.63, 3.8) is 0 Å². The van der Waals surface area contributed by atoms with E-state index in [9.17, 15) is 9.90 Å². The smallest absolute Gasteiger partial charge is 0.450 e. The van der Waals surface area contributed by atoms with Crippen molar-refractivity contribution in [1.82, 2.24) is 5.32 Å². The van der Waals surface area contributed by atoms with Crippen molar-refractivity contribution in [2.24, 2.45) is 5.92 Å². The van der Waals surface area contributed by atoms with Crippen molar-refractivity contribution in [2.45, 2.75) is 25.2 Å². The van der Waals surface area contributed by atoms with E-state index in [1.807, 2.05) is 12.2 Å². The van der Waals surface area contributed by atoms with E-state index in [2.05, 4.69) is 10.1 Å². The lowest BCUT2D eigenvalue weighted by Gasteiger charge is -2.37. The number of nitrogens with one attached hydrogen (secondary N) is 1. The van der Waals surface area contributed by atoms with Gasteiger partial charge in [0.25, 0.3) is 0 Å². The van der Waals surface area contributed by atoms with Crippen LogP contribution >= 0.6 is 0 Å². The maximum absolute atomic E-state index is 10.6. The van der Waals surface area contributed by atoms with E-state index in [-0.39, 0.29) is 5.92 Å². The van der Waals surface area contributed by atoms with Crippen LogP contribution in [0.5, 0.6) is 0 Å². The summed E-state index contributed by atoms with van der Waals surface area (Å²) in [6, 6.07) is -0.496. The Bertz CT molecular complexity index is 313. The van der Waals surface area contributed by atoms with E-state index in [1.165, 1.54) is 0 Å². The van der Waals surface area contributed by atoms with Crippen LogP contribution in [-0.2, 0) is 4.74 Å². The fourth-order valence-corrected chi connectivity index (χ4v) is 1.72. The number of ether oxygens (including phenoxy) is 1. The van der Waals surface area contributed by atoms with Crippen LogP contribution in [0, 0.1) is 5.92 Å². The SMILES string of the molecule is CN[C@@H](C)[C@](O)(OC(=O)O)C1C=CC=CC1. The van der Waals surface area contributed by atoms with Gasteiger partial charge in [0.15, 0.2) is 0 Å². The molecule has 3 atom stereocenters. The van der Waals surface area contributed by atoms with Crippen molar-refractivity contribution >= 4 is 6.16 Å². The number of carbonyl (C=O) groups is 1. The molecule has 0 spiro atoms. The topological polar surface area (TPSA) is 78.8 Å². The van der Waals surface area contributed by atoms with Gasteiger partial charge in [-0.2, -0.15) is 0 Å². The molecule has 0 bridgehead atoms. The lowest BCUT2D eigenvalue weighted by Crippen LogP contribution is -2.55. The minimum atomic E-state index is -1.75. The predicted octanol–water partition coefficient (Wildman–Crippen LogP) is 1.11. The molecule has 0 heterocycles. The Morgan fingerprint density at radius 1 is 1.62 bits per heavy atom. The number of hydrogen-bond acceptors (Lipinski definition) is 4. The van der Waals surface area contributed by atoms with Crippen LogP contribution in [-0.4, -0.2) is 35.2 Å². The first-order valence-electron chi connectivity index (χ1n) is 5.15. The molecule has 0 saturated carbocycles. The maximum Gasteiger partial charge on any atom is 0.508 e. The molecule has 0 aliphatic heterocycles. The number of carboxylic acid groups (broad SMARTS) is 1. The molecule has 0 amide bonds. The second-order valence-corrected chi connectivity index (χ2v) is 3.79. The average molecular weight is 227 g/mol. The molecule has 1 rings (SSSR count). The summed E-state index contributed by atoms with van der Waals surface area (Å²) in [5, 5.41) is 21.8. The third-order valence-electron chi connectivity index (χ3n) is 2.82. The zero-order valence-electron chi connectivity index (χ0n) is 9.38. The fraction of sp³-hybridized carbons (Fsp3) is 0.545. The standard InChI is InChI=1S/C11H17NO4/c1-8(12-2)11(15,16-10(13)14)9-6-4-3-5-7-9/h3-6,8-9,12,15H,7H2,1-2H3,(H,13,14)/t8-,9?,11-/m0/s1. The summed E-state index contributed by atoms with van der Waals surface area (Å²) < 4.78 is 4.65. The Balaban J connectivity index is 2.89. The fourth-order valence-electron chi connectivity index (χ4n) is 1.72. The zero-order chi connectivity index (χ0) is 12.2. The second kappa shape index (κ2) is 5.14. The molecule has 0 saturated heterocycles. The molecule has 1 unspecified atom stereocenters. The van der Waals surface area contributed by atoms with E-state index in [1.54, 1.807) is 26.1 Å². The van der Waals surface area contributed by atoms with Crippen LogP contribution in [0.15, 0.2) is 24.3 Å². The Labute approximate surface area is 94.4 Å². The number of allylic oxidation sites excluding steroid dienone is 3. The average Bonchev–Trinajstić information content (AvgIpc) is 2.28. The van der Waals surface area contributed by atoms with Gasteiger partial charge in [-0.3, -0.25) is 0 Å². The molecule has 0 aromatic rings. The monoisotopic (exact) mass is 227 g/mol. The van der Waals surface area contributed by atoms with Gasteiger partial charge < -0.3 is 20.3 Å². The maximum atomic E-state index is 10.6. The van der Waals surface area contributed by atoms with Gasteiger partial charge in [-0.05, 0) is 20.4 Å². The highest BCUT2D eigenvalue weighted by Gasteiger charge is 2.44. The molecule has 1 aliphatic rings. The van der Waals surface area contributed by atoms with Crippen LogP contribution in [0.1, 0.15) is 13.3 Å². The third kappa shape index (κ3) is 2.62. The molecule has 90 valence electrons. The van der Waals surface area contributed by atoms with Gasteiger partial charge in [-0.25, -0.2) is 4.79 Å². The van der Waals surface area contributed by atoms with Crippen molar-refractivity contribution in [3.8, 4) is 0 Å². The van der Waals surface area contributed by atoms with Crippen LogP contribution in [0.2, 0.25) is 0 Å². The van der Waals surface area contributed by atoms with Gasteiger partial charge in [0.05, 0.1) is 6.04 Å². The summed E-state index contributed by atoms with van der Waals surface area (Å²) in [5.41, 5.74) is 0. The number of aliphatic hydroxyl groups is 1. The van der Waals surface area contributed by atoms with Gasteiger partial charge in [-0.15, -0.1) is 0 Å². The lowest BCUT2D eigenvalue weighted by molar-refractivity contribution is -0.213. The molecule has 0 fully saturated rings. The first kappa shape index (κ1) is 12.7. The predicted molar refractivity (Wildman–Crippen MR) is 59.0 cm³/mol. The highest BCUT2D eigenvalue weighted by Crippen LogP contribution is 2.29. The molecule has 0 aromatic carbocycles. The summed E-state index contributed by atoms with van der Waals surface area (Å²) in [6.45, 7) is 1.68. The number of likely N-dealkylation sites (N-methyl/N-ethyl adjacent to an activating group) is 1. The van der Waals surface area contributed by atoms with E-state index >= 15 is 0 Å². The Morgan fingerprint density at radius 3 is 2.75 bits per heavy atom. The highest BCUT2D eigenvalue weighted by molar-refractivity contribution is 5.57. The van der Waals surface area contributed by atoms with Gasteiger partial charge in [0, 0.05) is 5.92 Å². The summed E-state index contributed by atoms with van der Waals surface area (Å²) >= 11 is 0. The highest BCUT2D eigenvalue weighted by atomic mass is 16.7. The summed E-state index contributed by atoms with van der Waals surface area (Å²) in [4.78, 5) is 10.6. The van der Waals surface area contributed by atoms with Gasteiger partial charge in [-0.1, -0.05) is 24.3 Å². The van der Waals surface area contributed by atoms with E-state index in [0.717, 1.165) is 0 Å². The quantitative estimate of drug-likeness (QED) is 0.495. The van der Waals surface area contributed by atoms with Crippen LogP contribution in [0.4, 0.5) is 4.79 Å². The summed E-state index contributed by atoms with van der Waals surface area (Å²) in [5.74, 6) is -2.13. The molecule has 1 aliphatic carbocycles. The molecule has 16 heavy (non-hydrogen) atoms. The van der Waals surface area contributed by atoms with Crippen LogP contribution < -0.4 is 5.32 Å². The largest absolute Gasteiger partial charge is 0.508 e. The first-order valence-corrected chi connectivity index (χ1v) is 5.15. The van der Waals surface area contributed by atoms with Crippen molar-refractivity contribution in [1.29, 1.82) is 0 Å². The second-order valence-electron chi connectivity index (χ2n) is 3.79. The van der Waals surface area contributed by atoms with E-state index in [4.69, 9.17) is 5.11 Å². The van der Waals surface area contributed by atoms with Gasteiger partial charge in [0.1, 0.15) is 0 Å². The third-order valence-corrected chi connectivity index (χ3v) is 2.82. The van der Waals surface area contributed by atoms with E-state index in [0.29, 0.717) is 6.42 Å². The van der Waals surface area contributed by atoms with E-state index < -0.39 is 18.0 Å². The Hall–Kier alpha value is -1.33. The molecule has 5 heteroatoms. The molecule has 0 radical (unpaired) electrons. The molecule has 5 nitrogen and oxygen atoms in total.